The van der Waals surface area contributed by atoms with Crippen LogP contribution in [0.2, 0.25) is 0 Å². The minimum Gasteiger partial charge on any atom is -0.399 e. The average Bonchev–Trinajstić information content (AvgIpc) is 2.90. The monoisotopic (exact) mass is 202 g/mol. The Bertz CT molecular complexity index is 466. The molecule has 0 aromatic heterocycles. The maximum Gasteiger partial charge on any atom is 0.238 e. The van der Waals surface area contributed by atoms with Crippen molar-refractivity contribution in [1.29, 1.82) is 0 Å². The molecule has 4 nitrogen and oxygen atoms in total. The molecule has 0 radical (unpaired) electrons. The van der Waals surface area contributed by atoms with Gasteiger partial charge in [0.05, 0.1) is 11.3 Å². The molecule has 2 fully saturated rings. The van der Waals surface area contributed by atoms with E-state index in [1.807, 2.05) is 12.1 Å². The van der Waals surface area contributed by atoms with E-state index in [0.717, 1.165) is 5.56 Å². The van der Waals surface area contributed by atoms with Crippen LogP contribution < -0.4 is 11.1 Å². The highest BCUT2D eigenvalue weighted by Crippen LogP contribution is 2.57. The Balaban J connectivity index is 2.06. The van der Waals surface area contributed by atoms with E-state index in [1.165, 1.54) is 0 Å². The Morgan fingerprint density at radius 2 is 1.93 bits per heavy atom. The summed E-state index contributed by atoms with van der Waals surface area (Å²) in [5.41, 5.74) is 6.56. The van der Waals surface area contributed by atoms with E-state index in [4.69, 9.17) is 5.73 Å². The summed E-state index contributed by atoms with van der Waals surface area (Å²) in [6, 6.07) is 7.17. The lowest BCUT2D eigenvalue weighted by Crippen LogP contribution is -2.30. The van der Waals surface area contributed by atoms with Gasteiger partial charge in [0.2, 0.25) is 11.8 Å². The molecule has 1 aromatic rings. The maximum atomic E-state index is 11.7. The van der Waals surface area contributed by atoms with Gasteiger partial charge in [0.1, 0.15) is 0 Å². The molecule has 3 rings (SSSR count). The van der Waals surface area contributed by atoms with E-state index in [0.29, 0.717) is 12.1 Å². The topological polar surface area (TPSA) is 72.2 Å². The second kappa shape index (κ2) is 2.39. The van der Waals surface area contributed by atoms with Crippen LogP contribution in [0.15, 0.2) is 24.3 Å². The van der Waals surface area contributed by atoms with Crippen molar-refractivity contribution in [2.24, 2.45) is 5.92 Å². The predicted molar refractivity (Wildman–Crippen MR) is 53.8 cm³/mol. The Labute approximate surface area is 86.5 Å². The molecule has 3 N–H and O–H groups in total. The first-order valence-corrected chi connectivity index (χ1v) is 4.86. The fourth-order valence-electron chi connectivity index (χ4n) is 2.37. The third-order valence-electron chi connectivity index (χ3n) is 3.35. The van der Waals surface area contributed by atoms with Crippen molar-refractivity contribution >= 4 is 17.5 Å². The number of carbonyl (C=O) groups excluding carboxylic acids is 2. The number of nitrogens with one attached hydrogen (secondary N) is 1. The molecule has 15 heavy (non-hydrogen) atoms. The summed E-state index contributed by atoms with van der Waals surface area (Å²) < 4.78 is 0. The summed E-state index contributed by atoms with van der Waals surface area (Å²) in [5, 5.41) is 2.36. The molecule has 76 valence electrons. The zero-order chi connectivity index (χ0) is 10.6. The second-order valence-electron chi connectivity index (χ2n) is 4.17. The Morgan fingerprint density at radius 3 is 2.40 bits per heavy atom. The van der Waals surface area contributed by atoms with Crippen LogP contribution in [0.5, 0.6) is 0 Å². The Morgan fingerprint density at radius 1 is 1.27 bits per heavy atom. The smallest absolute Gasteiger partial charge is 0.238 e. The van der Waals surface area contributed by atoms with Crippen LogP contribution in [0.1, 0.15) is 12.0 Å². The fraction of sp³-hybridized carbons (Fsp3) is 0.273. The van der Waals surface area contributed by atoms with Crippen molar-refractivity contribution in [2.75, 3.05) is 5.73 Å². The van der Waals surface area contributed by atoms with E-state index in [1.54, 1.807) is 12.1 Å². The minimum absolute atomic E-state index is 0.142. The fourth-order valence-corrected chi connectivity index (χ4v) is 2.37. The lowest BCUT2D eigenvalue weighted by Gasteiger charge is -2.09. The summed E-state index contributed by atoms with van der Waals surface area (Å²) in [5.74, 6) is -0.465. The molecule has 1 aromatic carbocycles. The molecule has 2 aliphatic rings. The molecule has 1 saturated heterocycles. The molecule has 4 heteroatoms. The standard InChI is InChI=1S/C11H10N2O2/c12-7-3-1-6(2-4-7)11-5-8(11)9(14)13-10(11)15/h1-4,8H,5,12H2,(H,13,14,15)/t8-,11+/m1/s1. The van der Waals surface area contributed by atoms with Gasteiger partial charge in [0.25, 0.3) is 0 Å². The van der Waals surface area contributed by atoms with Crippen LogP contribution in [0.3, 0.4) is 0 Å². The third kappa shape index (κ3) is 0.909. The highest BCUT2D eigenvalue weighted by atomic mass is 16.2. The van der Waals surface area contributed by atoms with Crippen LogP contribution in [-0.4, -0.2) is 11.8 Å². The number of hydrogen-bond donors (Lipinski definition) is 2. The molecule has 1 saturated carbocycles. The maximum absolute atomic E-state index is 11.7. The number of anilines is 1. The van der Waals surface area contributed by atoms with Gasteiger partial charge in [-0.25, -0.2) is 0 Å². The molecule has 0 unspecified atom stereocenters. The van der Waals surface area contributed by atoms with E-state index < -0.39 is 5.41 Å². The normalized spacial score (nSPS) is 32.4. The van der Waals surface area contributed by atoms with Crippen molar-refractivity contribution < 1.29 is 9.59 Å². The molecule has 0 spiro atoms. The van der Waals surface area contributed by atoms with E-state index in [-0.39, 0.29) is 17.7 Å². The van der Waals surface area contributed by atoms with Crippen molar-refractivity contribution in [3.63, 3.8) is 0 Å². The number of amides is 2. The quantitative estimate of drug-likeness (QED) is 0.504. The number of carbonyl (C=O) groups is 2. The number of hydrogen-bond acceptors (Lipinski definition) is 3. The SMILES string of the molecule is Nc1ccc([C@@]23C[C@@H]2C(=O)NC3=O)cc1. The highest BCUT2D eigenvalue weighted by Gasteiger charge is 2.69. The summed E-state index contributed by atoms with van der Waals surface area (Å²) in [4.78, 5) is 23.0. The van der Waals surface area contributed by atoms with Gasteiger partial charge >= 0.3 is 0 Å². The molecule has 2 atom stereocenters. The third-order valence-corrected chi connectivity index (χ3v) is 3.35. The van der Waals surface area contributed by atoms with Gasteiger partial charge in [-0.2, -0.15) is 0 Å². The van der Waals surface area contributed by atoms with Crippen LogP contribution in [0.4, 0.5) is 5.69 Å². The summed E-state index contributed by atoms with van der Waals surface area (Å²) >= 11 is 0. The van der Waals surface area contributed by atoms with Crippen LogP contribution in [0, 0.1) is 5.92 Å². The van der Waals surface area contributed by atoms with E-state index in [2.05, 4.69) is 5.32 Å². The van der Waals surface area contributed by atoms with E-state index >= 15 is 0 Å². The molecule has 2 amide bonds. The average molecular weight is 202 g/mol. The zero-order valence-corrected chi connectivity index (χ0v) is 7.99. The summed E-state index contributed by atoms with van der Waals surface area (Å²) in [6.45, 7) is 0. The first-order valence-electron chi connectivity index (χ1n) is 4.86. The first-order chi connectivity index (χ1) is 7.14. The molecule has 1 heterocycles. The zero-order valence-electron chi connectivity index (χ0n) is 7.99. The lowest BCUT2D eigenvalue weighted by molar-refractivity contribution is -0.127. The lowest BCUT2D eigenvalue weighted by atomic mass is 9.94. The summed E-state index contributed by atoms with van der Waals surface area (Å²) in [6.07, 6.45) is 0.640. The van der Waals surface area contributed by atoms with Gasteiger partial charge in [-0.05, 0) is 24.1 Å². The highest BCUT2D eigenvalue weighted by molar-refractivity contribution is 6.15. The number of nitrogens with two attached hydrogens (primary N) is 1. The van der Waals surface area contributed by atoms with Gasteiger partial charge in [-0.1, -0.05) is 12.1 Å². The van der Waals surface area contributed by atoms with E-state index in [9.17, 15) is 9.59 Å². The largest absolute Gasteiger partial charge is 0.399 e. The van der Waals surface area contributed by atoms with Crippen molar-refractivity contribution in [3.05, 3.63) is 29.8 Å². The first kappa shape index (κ1) is 8.47. The van der Waals surface area contributed by atoms with Crippen molar-refractivity contribution in [2.45, 2.75) is 11.8 Å². The van der Waals surface area contributed by atoms with Crippen molar-refractivity contribution in [1.82, 2.24) is 5.32 Å². The minimum atomic E-state index is -0.579. The van der Waals surface area contributed by atoms with Crippen LogP contribution in [-0.2, 0) is 15.0 Å². The van der Waals surface area contributed by atoms with Crippen molar-refractivity contribution in [3.8, 4) is 0 Å². The Kier molecular flexibility index (Phi) is 1.35. The van der Waals surface area contributed by atoms with Crippen LogP contribution >= 0.6 is 0 Å². The predicted octanol–water partition coefficient (Wildman–Crippen LogP) is 0.183. The summed E-state index contributed by atoms with van der Waals surface area (Å²) in [7, 11) is 0. The second-order valence-corrected chi connectivity index (χ2v) is 4.17. The number of piperidine rings is 1. The number of nitrogen functional groups attached to an aromatic ring is 1. The van der Waals surface area contributed by atoms with Gasteiger partial charge in [-0.15, -0.1) is 0 Å². The van der Waals surface area contributed by atoms with Gasteiger partial charge in [0, 0.05) is 5.69 Å². The molecule has 1 aliphatic carbocycles. The molecular weight excluding hydrogens is 192 g/mol. The number of fused-ring (bicyclic) bond motifs is 1. The van der Waals surface area contributed by atoms with Gasteiger partial charge < -0.3 is 5.73 Å². The number of benzene rings is 1. The Hall–Kier alpha value is -1.84. The van der Waals surface area contributed by atoms with Gasteiger partial charge in [0.15, 0.2) is 0 Å². The molecule has 0 bridgehead atoms. The number of rotatable bonds is 1. The molecule has 1 aliphatic heterocycles. The molecular formula is C11H10N2O2. The van der Waals surface area contributed by atoms with Gasteiger partial charge in [-0.3, -0.25) is 14.9 Å². The number of imide groups is 1. The van der Waals surface area contributed by atoms with Crippen LogP contribution in [0.25, 0.3) is 0 Å².